The van der Waals surface area contributed by atoms with E-state index in [2.05, 4.69) is 38.2 Å². The van der Waals surface area contributed by atoms with Crippen LogP contribution in [0.2, 0.25) is 0 Å². The Labute approximate surface area is 323 Å². The van der Waals surface area contributed by atoms with Gasteiger partial charge in [-0.05, 0) is 56.6 Å². The van der Waals surface area contributed by atoms with E-state index in [0.717, 1.165) is 69.8 Å². The second-order valence-electron chi connectivity index (χ2n) is 14.4. The first-order valence-corrected chi connectivity index (χ1v) is 21.3. The van der Waals surface area contributed by atoms with Crippen molar-refractivity contribution in [1.82, 2.24) is 0 Å². The first kappa shape index (κ1) is 47.7. The van der Waals surface area contributed by atoms with Gasteiger partial charge in [-0.15, -0.1) is 0 Å². The Balaban J connectivity index is 2.35. The summed E-state index contributed by atoms with van der Waals surface area (Å²) in [6.45, 7) is 4.07. The summed E-state index contributed by atoms with van der Waals surface area (Å²) in [6.07, 6.45) is 38.4. The van der Waals surface area contributed by atoms with E-state index < -0.39 is 18.0 Å². The SMILES string of the molecule is CCCCC/C=C\C/C=C\CCCCCCCC(=O)O[C@H](COC(=O)CCCCCCCCCCCCCCC)COC(=O)/C(N)=C/c1ccccc1. The van der Waals surface area contributed by atoms with Crippen molar-refractivity contribution in [3.05, 3.63) is 65.9 Å². The van der Waals surface area contributed by atoms with Gasteiger partial charge in [0, 0.05) is 12.8 Å². The van der Waals surface area contributed by atoms with Gasteiger partial charge in [-0.2, -0.15) is 0 Å². The molecular formula is C46H75NO6. The van der Waals surface area contributed by atoms with Gasteiger partial charge in [0.25, 0.3) is 0 Å². The van der Waals surface area contributed by atoms with Crippen LogP contribution in [0.1, 0.15) is 186 Å². The standard InChI is InChI=1S/C46H75NO6/c1-3-5-7-9-11-13-15-17-18-20-22-24-26-28-33-37-45(49)53-42(40-52-46(50)43(47)38-41-34-30-29-31-35-41)39-51-44(48)36-32-27-25-23-21-19-16-14-12-10-8-6-4-2/h11,13,17-18,29-31,34-35,38,42H,3-10,12,14-16,19-28,32-33,36-37,39-40,47H2,1-2H3/b13-11-,18-17-,43-38-/t42-/m1/s1. The molecule has 1 aromatic rings. The van der Waals surface area contributed by atoms with E-state index in [1.807, 2.05) is 30.3 Å². The lowest BCUT2D eigenvalue weighted by Gasteiger charge is -2.18. The molecule has 0 saturated carbocycles. The van der Waals surface area contributed by atoms with Crippen LogP contribution in [0.15, 0.2) is 60.3 Å². The molecule has 0 spiro atoms. The fourth-order valence-electron chi connectivity index (χ4n) is 6.03. The van der Waals surface area contributed by atoms with Gasteiger partial charge in [0.1, 0.15) is 18.9 Å². The van der Waals surface area contributed by atoms with Gasteiger partial charge < -0.3 is 19.9 Å². The second kappa shape index (κ2) is 35.7. The third-order valence-electron chi connectivity index (χ3n) is 9.30. The highest BCUT2D eigenvalue weighted by atomic mass is 16.6. The third-order valence-corrected chi connectivity index (χ3v) is 9.30. The summed E-state index contributed by atoms with van der Waals surface area (Å²) in [5.41, 5.74) is 6.66. The minimum atomic E-state index is -0.899. The molecule has 0 aliphatic rings. The average Bonchev–Trinajstić information content (AvgIpc) is 3.16. The van der Waals surface area contributed by atoms with Gasteiger partial charge in [-0.3, -0.25) is 9.59 Å². The fourth-order valence-corrected chi connectivity index (χ4v) is 6.03. The number of allylic oxidation sites excluding steroid dienone is 4. The molecule has 0 saturated heterocycles. The quantitative estimate of drug-likeness (QED) is 0.0243. The predicted octanol–water partition coefficient (Wildman–Crippen LogP) is 12.3. The van der Waals surface area contributed by atoms with E-state index in [0.29, 0.717) is 6.42 Å². The Bertz CT molecular complexity index is 1130. The van der Waals surface area contributed by atoms with E-state index in [1.165, 1.54) is 96.0 Å². The van der Waals surface area contributed by atoms with Gasteiger partial charge in [0.2, 0.25) is 0 Å². The summed E-state index contributed by atoms with van der Waals surface area (Å²) < 4.78 is 16.5. The molecule has 1 rings (SSSR count). The molecule has 7 heteroatoms. The number of unbranched alkanes of at least 4 members (excludes halogenated alkanes) is 20. The molecule has 1 atom stereocenters. The van der Waals surface area contributed by atoms with Gasteiger partial charge in [0.15, 0.2) is 6.10 Å². The number of esters is 3. The van der Waals surface area contributed by atoms with Crippen LogP contribution in [0.4, 0.5) is 0 Å². The van der Waals surface area contributed by atoms with E-state index in [9.17, 15) is 14.4 Å². The normalized spacial score (nSPS) is 12.4. The number of benzene rings is 1. The fraction of sp³-hybridized carbons (Fsp3) is 0.674. The van der Waals surface area contributed by atoms with Gasteiger partial charge in [-0.25, -0.2) is 4.79 Å². The first-order chi connectivity index (χ1) is 26.0. The maximum absolute atomic E-state index is 12.7. The Hall–Kier alpha value is -3.35. The zero-order chi connectivity index (χ0) is 38.5. The number of rotatable bonds is 35. The highest BCUT2D eigenvalue weighted by Crippen LogP contribution is 2.14. The van der Waals surface area contributed by atoms with Gasteiger partial charge >= 0.3 is 17.9 Å². The molecule has 0 heterocycles. The van der Waals surface area contributed by atoms with Crippen LogP contribution >= 0.6 is 0 Å². The number of hydrogen-bond donors (Lipinski definition) is 1. The minimum absolute atomic E-state index is 0.0641. The molecule has 7 nitrogen and oxygen atoms in total. The van der Waals surface area contributed by atoms with Gasteiger partial charge in [-0.1, -0.05) is 178 Å². The van der Waals surface area contributed by atoms with Crippen molar-refractivity contribution in [1.29, 1.82) is 0 Å². The predicted molar refractivity (Wildman–Crippen MR) is 220 cm³/mol. The van der Waals surface area contributed by atoms with Crippen molar-refractivity contribution in [3.63, 3.8) is 0 Å². The molecule has 1 aromatic carbocycles. The molecule has 0 fully saturated rings. The van der Waals surface area contributed by atoms with E-state index in [4.69, 9.17) is 19.9 Å². The molecule has 2 N–H and O–H groups in total. The molecule has 0 radical (unpaired) electrons. The number of carbonyl (C=O) groups excluding carboxylic acids is 3. The number of hydrogen-bond acceptors (Lipinski definition) is 7. The lowest BCUT2D eigenvalue weighted by molar-refractivity contribution is -0.165. The third kappa shape index (κ3) is 30.8. The second-order valence-corrected chi connectivity index (χ2v) is 14.4. The highest BCUT2D eigenvalue weighted by molar-refractivity contribution is 5.92. The first-order valence-electron chi connectivity index (χ1n) is 21.3. The number of carbonyl (C=O) groups is 3. The summed E-state index contributed by atoms with van der Waals surface area (Å²) in [6, 6.07) is 9.23. The lowest BCUT2D eigenvalue weighted by atomic mass is 10.0. The minimum Gasteiger partial charge on any atom is -0.462 e. The molecule has 0 bridgehead atoms. The van der Waals surface area contributed by atoms with Crippen LogP contribution in [0.3, 0.4) is 0 Å². The molecule has 0 aliphatic carbocycles. The topological polar surface area (TPSA) is 105 Å². The van der Waals surface area contributed by atoms with Crippen molar-refractivity contribution in [3.8, 4) is 0 Å². The van der Waals surface area contributed by atoms with Crippen molar-refractivity contribution < 1.29 is 28.6 Å². The molecule has 300 valence electrons. The zero-order valence-electron chi connectivity index (χ0n) is 33.7. The summed E-state index contributed by atoms with van der Waals surface area (Å²) in [7, 11) is 0. The van der Waals surface area contributed by atoms with Crippen molar-refractivity contribution in [2.75, 3.05) is 13.2 Å². The van der Waals surface area contributed by atoms with Crippen molar-refractivity contribution >= 4 is 24.0 Å². The van der Waals surface area contributed by atoms with Gasteiger partial charge in [0.05, 0.1) is 0 Å². The highest BCUT2D eigenvalue weighted by Gasteiger charge is 2.20. The monoisotopic (exact) mass is 738 g/mol. The van der Waals surface area contributed by atoms with Crippen LogP contribution in [-0.2, 0) is 28.6 Å². The van der Waals surface area contributed by atoms with E-state index >= 15 is 0 Å². The number of ether oxygens (including phenoxy) is 3. The Morgan fingerprint density at radius 1 is 0.566 bits per heavy atom. The molecule has 0 unspecified atom stereocenters. The van der Waals surface area contributed by atoms with Crippen LogP contribution in [0.25, 0.3) is 6.08 Å². The van der Waals surface area contributed by atoms with Crippen LogP contribution in [0.5, 0.6) is 0 Å². The summed E-state index contributed by atoms with van der Waals surface area (Å²) >= 11 is 0. The summed E-state index contributed by atoms with van der Waals surface area (Å²) in [5.74, 6) is -1.45. The lowest BCUT2D eigenvalue weighted by Crippen LogP contribution is -2.31. The molecule has 53 heavy (non-hydrogen) atoms. The van der Waals surface area contributed by atoms with Crippen molar-refractivity contribution in [2.45, 2.75) is 187 Å². The molecular weight excluding hydrogens is 663 g/mol. The Morgan fingerprint density at radius 3 is 1.58 bits per heavy atom. The maximum Gasteiger partial charge on any atom is 0.354 e. The average molecular weight is 738 g/mol. The van der Waals surface area contributed by atoms with Crippen LogP contribution < -0.4 is 5.73 Å². The van der Waals surface area contributed by atoms with Crippen LogP contribution in [-0.4, -0.2) is 37.2 Å². The molecule has 0 amide bonds. The maximum atomic E-state index is 12.7. The number of nitrogens with two attached hydrogens (primary N) is 1. The largest absolute Gasteiger partial charge is 0.462 e. The van der Waals surface area contributed by atoms with Crippen LogP contribution in [0, 0.1) is 0 Å². The van der Waals surface area contributed by atoms with E-state index in [1.54, 1.807) is 0 Å². The summed E-state index contributed by atoms with van der Waals surface area (Å²) in [4.78, 5) is 37.8. The Kier molecular flexibility index (Phi) is 32.1. The molecule has 0 aromatic heterocycles. The summed E-state index contributed by atoms with van der Waals surface area (Å²) in [5, 5.41) is 0. The smallest absolute Gasteiger partial charge is 0.354 e. The van der Waals surface area contributed by atoms with E-state index in [-0.39, 0.29) is 31.3 Å². The molecule has 0 aliphatic heterocycles. The van der Waals surface area contributed by atoms with Crippen molar-refractivity contribution in [2.24, 2.45) is 5.73 Å². The zero-order valence-corrected chi connectivity index (χ0v) is 33.7. The Morgan fingerprint density at radius 2 is 1.02 bits per heavy atom.